The van der Waals surface area contributed by atoms with E-state index in [9.17, 15) is 0 Å². The molecule has 0 amide bonds. The van der Waals surface area contributed by atoms with Gasteiger partial charge in [-0.25, -0.2) is 4.98 Å². The molecule has 7 rings (SSSR count). The maximum absolute atomic E-state index is 5.21. The third-order valence-corrected chi connectivity index (χ3v) is 6.10. The van der Waals surface area contributed by atoms with E-state index in [0.29, 0.717) is 0 Å². The van der Waals surface area contributed by atoms with Gasteiger partial charge in [-0.2, -0.15) is 0 Å². The van der Waals surface area contributed by atoms with E-state index in [2.05, 4.69) is 101 Å². The number of nitrogens with zero attached hydrogens (tertiary/aromatic N) is 2. The fourth-order valence-electron chi connectivity index (χ4n) is 4.87. The molecule has 1 aliphatic rings. The number of rotatable bonds is 1. The normalized spacial score (nSPS) is 12.1. The Hall–Kier alpha value is -3.91. The molecule has 0 N–H and O–H groups in total. The van der Waals surface area contributed by atoms with Gasteiger partial charge in [0.1, 0.15) is 5.65 Å². The Morgan fingerprint density at radius 3 is 2.21 bits per heavy atom. The van der Waals surface area contributed by atoms with Crippen molar-refractivity contribution in [3.8, 4) is 33.8 Å². The van der Waals surface area contributed by atoms with Crippen LogP contribution in [0.3, 0.4) is 0 Å². The lowest BCUT2D eigenvalue weighted by Gasteiger charge is -2.12. The predicted octanol–water partition coefficient (Wildman–Crippen LogP) is 6.96. The highest BCUT2D eigenvalue weighted by atomic mass is 15.0. The topological polar surface area (TPSA) is 17.3 Å². The average molecular weight is 368 g/mol. The van der Waals surface area contributed by atoms with E-state index < -0.39 is 0 Å². The molecule has 2 heteroatoms. The molecule has 0 radical (unpaired) electrons. The number of hydrogen-bond acceptors (Lipinski definition) is 1. The van der Waals surface area contributed by atoms with Crippen LogP contribution < -0.4 is 0 Å². The molecule has 134 valence electrons. The number of hydrogen-bond donors (Lipinski definition) is 0. The zero-order chi connectivity index (χ0) is 18.9. The molecule has 0 saturated heterocycles. The first-order chi connectivity index (χ1) is 14.4. The van der Waals surface area contributed by atoms with Crippen molar-refractivity contribution < 1.29 is 0 Å². The van der Waals surface area contributed by atoms with Crippen molar-refractivity contribution in [3.63, 3.8) is 0 Å². The summed E-state index contributed by atoms with van der Waals surface area (Å²) in [4.78, 5) is 5.21. The van der Waals surface area contributed by atoms with Crippen LogP contribution in [0.15, 0.2) is 97.1 Å². The molecule has 1 aliphatic carbocycles. The van der Waals surface area contributed by atoms with Crippen molar-refractivity contribution in [1.29, 1.82) is 0 Å². The summed E-state index contributed by atoms with van der Waals surface area (Å²) in [7, 11) is 0. The van der Waals surface area contributed by atoms with Gasteiger partial charge in [0.25, 0.3) is 0 Å². The number of pyridine rings is 1. The van der Waals surface area contributed by atoms with E-state index in [1.807, 2.05) is 0 Å². The summed E-state index contributed by atoms with van der Waals surface area (Å²) in [6.45, 7) is 0. The molecule has 0 unspecified atom stereocenters. The molecule has 2 nitrogen and oxygen atoms in total. The monoisotopic (exact) mass is 368 g/mol. The van der Waals surface area contributed by atoms with Crippen LogP contribution in [0.1, 0.15) is 0 Å². The summed E-state index contributed by atoms with van der Waals surface area (Å²) < 4.78 is 2.36. The van der Waals surface area contributed by atoms with Crippen molar-refractivity contribution in [3.05, 3.63) is 97.1 Å². The Labute approximate surface area is 167 Å². The van der Waals surface area contributed by atoms with Crippen molar-refractivity contribution in [2.45, 2.75) is 0 Å². The number of aromatic nitrogens is 2. The maximum atomic E-state index is 5.21. The highest BCUT2D eigenvalue weighted by Crippen LogP contribution is 2.48. The van der Waals surface area contributed by atoms with Gasteiger partial charge >= 0.3 is 0 Å². The van der Waals surface area contributed by atoms with Crippen LogP contribution in [0, 0.1) is 0 Å². The molecule has 29 heavy (non-hydrogen) atoms. The Bertz CT molecular complexity index is 1580. The first-order valence-electron chi connectivity index (χ1n) is 9.92. The van der Waals surface area contributed by atoms with Crippen LogP contribution in [0.2, 0.25) is 0 Å². The minimum atomic E-state index is 1.03. The van der Waals surface area contributed by atoms with Crippen LogP contribution in [-0.2, 0) is 0 Å². The molecule has 0 saturated carbocycles. The summed E-state index contributed by atoms with van der Waals surface area (Å²) in [6, 6.07) is 34.6. The van der Waals surface area contributed by atoms with Gasteiger partial charge in [0.15, 0.2) is 0 Å². The highest BCUT2D eigenvalue weighted by Gasteiger charge is 2.28. The first-order valence-corrected chi connectivity index (χ1v) is 9.92. The van der Waals surface area contributed by atoms with Crippen LogP contribution in [0.25, 0.3) is 61.0 Å². The van der Waals surface area contributed by atoms with Crippen LogP contribution in [0.4, 0.5) is 0 Å². The zero-order valence-electron chi connectivity index (χ0n) is 15.6. The molecule has 0 spiro atoms. The van der Waals surface area contributed by atoms with Gasteiger partial charge in [-0.15, -0.1) is 0 Å². The Morgan fingerprint density at radius 1 is 0.621 bits per heavy atom. The minimum absolute atomic E-state index is 1.03. The van der Waals surface area contributed by atoms with Crippen LogP contribution in [-0.4, -0.2) is 9.38 Å². The maximum Gasteiger partial charge on any atom is 0.146 e. The molecule has 0 aliphatic heterocycles. The Morgan fingerprint density at radius 2 is 1.34 bits per heavy atom. The van der Waals surface area contributed by atoms with E-state index in [1.54, 1.807) is 0 Å². The first kappa shape index (κ1) is 15.1. The van der Waals surface area contributed by atoms with E-state index in [4.69, 9.17) is 4.98 Å². The van der Waals surface area contributed by atoms with Crippen LogP contribution in [0.5, 0.6) is 0 Å². The second kappa shape index (κ2) is 5.33. The molecule has 2 aromatic heterocycles. The molecular weight excluding hydrogens is 352 g/mol. The lowest BCUT2D eigenvalue weighted by molar-refractivity contribution is 1.21. The van der Waals surface area contributed by atoms with Gasteiger partial charge in [0.05, 0.1) is 17.1 Å². The number of fused-ring (bicyclic) bond motifs is 7. The third kappa shape index (κ3) is 1.88. The highest BCUT2D eigenvalue weighted by molar-refractivity contribution is 6.15. The van der Waals surface area contributed by atoms with Crippen LogP contribution >= 0.6 is 0 Å². The van der Waals surface area contributed by atoms with Gasteiger partial charge in [-0.05, 0) is 22.4 Å². The summed E-state index contributed by atoms with van der Waals surface area (Å²) >= 11 is 0. The zero-order valence-corrected chi connectivity index (χ0v) is 15.6. The molecule has 6 aromatic rings. The lowest BCUT2D eigenvalue weighted by atomic mass is 10.0. The predicted molar refractivity (Wildman–Crippen MR) is 120 cm³/mol. The standard InChI is InChI=1S/C27H16N2/c1-2-8-17(9-3-1)23-16-19-10-4-5-13-20(19)27-28-25-21-14-6-11-18-12-7-15-22(24(18)21)26(25)29(23)27/h1-16H. The smallest absolute Gasteiger partial charge is 0.146 e. The lowest BCUT2D eigenvalue weighted by Crippen LogP contribution is -1.95. The molecule has 0 bridgehead atoms. The fraction of sp³-hybridized carbons (Fsp3) is 0. The number of benzene rings is 4. The Balaban J connectivity index is 1.73. The molecular formula is C27H16N2. The third-order valence-electron chi connectivity index (χ3n) is 6.10. The van der Waals surface area contributed by atoms with Crippen molar-refractivity contribution in [1.82, 2.24) is 9.38 Å². The van der Waals surface area contributed by atoms with Crippen molar-refractivity contribution in [2.75, 3.05) is 0 Å². The SMILES string of the molecule is c1ccc(-c2cc3ccccc3c3nc4c(n23)-c2cccc3cccc-4c23)cc1. The fourth-order valence-corrected chi connectivity index (χ4v) is 4.87. The summed E-state index contributed by atoms with van der Waals surface area (Å²) in [6.07, 6.45) is 0. The van der Waals surface area contributed by atoms with E-state index >= 15 is 0 Å². The van der Waals surface area contributed by atoms with Crippen molar-refractivity contribution in [2.24, 2.45) is 0 Å². The Kier molecular flexibility index (Phi) is 2.77. The van der Waals surface area contributed by atoms with Gasteiger partial charge < -0.3 is 0 Å². The second-order valence-electron chi connectivity index (χ2n) is 7.66. The van der Waals surface area contributed by atoms with Gasteiger partial charge in [-0.1, -0.05) is 91.0 Å². The molecule has 0 fully saturated rings. The number of imidazole rings is 1. The molecule has 4 aromatic carbocycles. The van der Waals surface area contributed by atoms with Gasteiger partial charge in [0.2, 0.25) is 0 Å². The largest absolute Gasteiger partial charge is 0.291 e. The minimum Gasteiger partial charge on any atom is -0.291 e. The van der Waals surface area contributed by atoms with E-state index in [1.165, 1.54) is 49.6 Å². The summed E-state index contributed by atoms with van der Waals surface area (Å²) in [5.41, 5.74) is 8.21. The summed E-state index contributed by atoms with van der Waals surface area (Å²) in [5, 5.41) is 4.99. The molecule has 2 heterocycles. The van der Waals surface area contributed by atoms with Crippen molar-refractivity contribution >= 4 is 27.2 Å². The summed E-state index contributed by atoms with van der Waals surface area (Å²) in [5.74, 6) is 0. The van der Waals surface area contributed by atoms with E-state index in [0.717, 1.165) is 11.3 Å². The average Bonchev–Trinajstić information content (AvgIpc) is 3.32. The van der Waals surface area contributed by atoms with E-state index in [-0.39, 0.29) is 0 Å². The van der Waals surface area contributed by atoms with Gasteiger partial charge in [0, 0.05) is 21.9 Å². The quantitative estimate of drug-likeness (QED) is 0.306. The van der Waals surface area contributed by atoms with Gasteiger partial charge in [-0.3, -0.25) is 4.40 Å². The molecule has 0 atom stereocenters. The second-order valence-corrected chi connectivity index (χ2v) is 7.66.